The van der Waals surface area contributed by atoms with Crippen molar-refractivity contribution in [1.29, 1.82) is 0 Å². The smallest absolute Gasteiger partial charge is 0.480 e. The van der Waals surface area contributed by atoms with Gasteiger partial charge >= 0.3 is 11.0 Å². The molecule has 0 aromatic rings. The number of quaternary nitrogens is 3. The van der Waals surface area contributed by atoms with Gasteiger partial charge < -0.3 is 36.8 Å². The Morgan fingerprint density at radius 2 is 0.705 bits per heavy atom. The van der Waals surface area contributed by atoms with Crippen molar-refractivity contribution in [2.24, 2.45) is 0 Å². The highest BCUT2D eigenvalue weighted by Crippen LogP contribution is 2.36. The second-order valence-corrected chi connectivity index (χ2v) is 17.1. The predicted molar refractivity (Wildman–Crippen MR) is 150 cm³/mol. The molecule has 0 amide bonds. The van der Waals surface area contributed by atoms with Gasteiger partial charge in [0.25, 0.3) is 0 Å². The minimum atomic E-state index is -6.72. The van der Waals surface area contributed by atoms with Crippen molar-refractivity contribution in [3.63, 3.8) is 0 Å². The zero-order chi connectivity index (χ0) is 35.3. The van der Waals surface area contributed by atoms with E-state index in [-0.39, 0.29) is 0 Å². The normalized spacial score (nSPS) is 21.7. The number of likely N-dealkylation sites (tertiary alicyclic amines) is 3. The van der Waals surface area contributed by atoms with Crippen LogP contribution in [0.15, 0.2) is 0 Å². The summed E-state index contributed by atoms with van der Waals surface area (Å²) in [4.78, 5) is 24.3. The van der Waals surface area contributed by atoms with E-state index in [1.54, 1.807) is 0 Å². The molecule has 3 saturated heterocycles. The quantitative estimate of drug-likeness (QED) is 0.259. The summed E-state index contributed by atoms with van der Waals surface area (Å²) in [5.74, 6) is 0. The van der Waals surface area contributed by atoms with Crippen LogP contribution in [0.5, 0.6) is 0 Å². The molecule has 0 saturated carbocycles. The molecule has 0 aromatic heterocycles. The van der Waals surface area contributed by atoms with Crippen LogP contribution in [0.3, 0.4) is 0 Å². The Kier molecular flexibility index (Phi) is 18.7. The van der Waals surface area contributed by atoms with Crippen LogP contribution in [-0.4, -0.2) is 128 Å². The van der Waals surface area contributed by atoms with Crippen LogP contribution in [0, 0.1) is 0 Å². The van der Waals surface area contributed by atoms with E-state index in [1.807, 2.05) is 0 Å². The highest BCUT2D eigenvalue weighted by molar-refractivity contribution is 8.13. The van der Waals surface area contributed by atoms with Crippen molar-refractivity contribution < 1.29 is 75.9 Å². The minimum absolute atomic E-state index is 0.778. The summed E-state index contributed by atoms with van der Waals surface area (Å²) in [6.07, 6.45) is 13.0. The lowest BCUT2D eigenvalue weighted by Crippen LogP contribution is -2.43. The SMILES string of the molecule is C[N+]1(C)CCCCC1.C[N+]1(C)CCCCC1.C[N+]1(C)CCCCC1.O=P([O-])([O-])O.O=S(=O)([N-]S(=O)(=O)C(F)(F)F)C(F)(F)F. The molecule has 21 heteroatoms. The van der Waals surface area contributed by atoms with Crippen molar-refractivity contribution in [3.8, 4) is 0 Å². The monoisotopic (exact) mass is 718 g/mol. The summed E-state index contributed by atoms with van der Waals surface area (Å²) in [5.41, 5.74) is -12.4. The van der Waals surface area contributed by atoms with Gasteiger partial charge in [0.15, 0.2) is 20.0 Å². The number of rotatable bonds is 2. The first kappa shape index (κ1) is 45.6. The van der Waals surface area contributed by atoms with Gasteiger partial charge in [0.05, 0.1) is 89.4 Å². The van der Waals surface area contributed by atoms with Crippen LogP contribution >= 0.6 is 7.82 Å². The van der Waals surface area contributed by atoms with Gasteiger partial charge in [-0.05, 0) is 57.8 Å². The van der Waals surface area contributed by atoms with E-state index in [0.29, 0.717) is 0 Å². The van der Waals surface area contributed by atoms with Gasteiger partial charge in [-0.25, -0.2) is 16.8 Å². The molecule has 0 bridgehead atoms. The Bertz CT molecular complexity index is 970. The molecule has 3 rings (SSSR count). The number of nitrogens with zero attached hydrogens (tertiary/aromatic N) is 4. The molecule has 3 aliphatic heterocycles. The van der Waals surface area contributed by atoms with Crippen LogP contribution in [0.25, 0.3) is 4.13 Å². The van der Waals surface area contributed by atoms with E-state index < -0.39 is 38.9 Å². The molecule has 0 radical (unpaired) electrons. The average molecular weight is 719 g/mol. The van der Waals surface area contributed by atoms with Gasteiger partial charge in [-0.1, -0.05) is 0 Å². The second kappa shape index (κ2) is 18.1. The van der Waals surface area contributed by atoms with Gasteiger partial charge in [0.1, 0.15) is 0 Å². The van der Waals surface area contributed by atoms with E-state index in [2.05, 4.69) is 42.3 Å². The maximum atomic E-state index is 11.4. The van der Waals surface area contributed by atoms with E-state index in [1.165, 1.54) is 111 Å². The fourth-order valence-corrected chi connectivity index (χ4v) is 6.03. The molecule has 0 spiro atoms. The second-order valence-electron chi connectivity index (χ2n) is 12.7. The van der Waals surface area contributed by atoms with Crippen molar-refractivity contribution in [1.82, 2.24) is 0 Å². The van der Waals surface area contributed by atoms with E-state index >= 15 is 0 Å². The van der Waals surface area contributed by atoms with Gasteiger partial charge in [0.2, 0.25) is 0 Å². The molecular formula is C23H49F6N4O8PS2. The number of sulfonamides is 2. The van der Waals surface area contributed by atoms with Crippen LogP contribution in [-0.2, 0) is 24.6 Å². The van der Waals surface area contributed by atoms with Crippen LogP contribution in [0.1, 0.15) is 57.8 Å². The molecule has 44 heavy (non-hydrogen) atoms. The lowest BCUT2D eigenvalue weighted by Gasteiger charge is -2.33. The number of piperidine rings is 3. The number of halogens is 6. The predicted octanol–water partition coefficient (Wildman–Crippen LogP) is 2.61. The molecule has 3 fully saturated rings. The third-order valence-electron chi connectivity index (χ3n) is 6.86. The van der Waals surface area contributed by atoms with Gasteiger partial charge in [0, 0.05) is 0 Å². The maximum absolute atomic E-state index is 11.4. The number of alkyl halides is 6. The topological polar surface area (TPSA) is 166 Å². The molecule has 3 aliphatic rings. The van der Waals surface area contributed by atoms with Crippen molar-refractivity contribution in [2.45, 2.75) is 68.8 Å². The molecule has 0 aliphatic carbocycles. The Morgan fingerprint density at radius 3 is 0.795 bits per heavy atom. The van der Waals surface area contributed by atoms with Crippen LogP contribution < -0.4 is 9.79 Å². The average Bonchev–Trinajstić information content (AvgIpc) is 2.76. The summed E-state index contributed by atoms with van der Waals surface area (Å²) in [6.45, 7) is 8.33. The lowest BCUT2D eigenvalue weighted by atomic mass is 10.1. The van der Waals surface area contributed by atoms with Crippen molar-refractivity contribution in [2.75, 3.05) is 81.6 Å². The van der Waals surface area contributed by atoms with Gasteiger partial charge in [-0.3, -0.25) is 0 Å². The third kappa shape index (κ3) is 23.7. The fourth-order valence-electron chi connectivity index (χ4n) is 4.32. The van der Waals surface area contributed by atoms with Crippen molar-refractivity contribution >= 4 is 27.9 Å². The highest BCUT2D eigenvalue weighted by Gasteiger charge is 2.47. The Hall–Kier alpha value is -0.570. The van der Waals surface area contributed by atoms with Gasteiger partial charge in [-0.2, -0.15) is 26.3 Å². The van der Waals surface area contributed by atoms with Gasteiger partial charge in [-0.15, -0.1) is 0 Å². The largest absolute Gasteiger partial charge is 0.790 e. The molecule has 0 aromatic carbocycles. The Morgan fingerprint density at radius 1 is 0.545 bits per heavy atom. The first-order valence-electron chi connectivity index (χ1n) is 13.9. The number of hydrogen-bond donors (Lipinski definition) is 1. The first-order chi connectivity index (χ1) is 19.3. The minimum Gasteiger partial charge on any atom is -0.790 e. The zero-order valence-electron chi connectivity index (χ0n) is 26.2. The number of hydrogen-bond acceptors (Lipinski definition) is 7. The first-order valence-corrected chi connectivity index (χ1v) is 18.3. The summed E-state index contributed by atoms with van der Waals surface area (Å²) in [6, 6.07) is 0. The zero-order valence-corrected chi connectivity index (χ0v) is 28.8. The number of phosphoric acid groups is 1. The molecule has 0 atom stereocenters. The Labute approximate surface area is 258 Å². The molecule has 12 nitrogen and oxygen atoms in total. The van der Waals surface area contributed by atoms with Crippen LogP contribution in [0.4, 0.5) is 26.3 Å². The molecule has 268 valence electrons. The third-order valence-corrected chi connectivity index (χ3v) is 9.60. The maximum Gasteiger partial charge on any atom is 0.480 e. The summed E-state index contributed by atoms with van der Waals surface area (Å²) in [7, 11) is -4.67. The lowest BCUT2D eigenvalue weighted by molar-refractivity contribution is -0.894. The van der Waals surface area contributed by atoms with E-state index in [9.17, 15) is 43.2 Å². The van der Waals surface area contributed by atoms with E-state index in [0.717, 1.165) is 4.13 Å². The van der Waals surface area contributed by atoms with E-state index in [4.69, 9.17) is 19.2 Å². The summed E-state index contributed by atoms with van der Waals surface area (Å²) >= 11 is 0. The Balaban J connectivity index is 0. The highest BCUT2D eigenvalue weighted by atomic mass is 32.3. The van der Waals surface area contributed by atoms with Crippen molar-refractivity contribution in [3.05, 3.63) is 4.13 Å². The summed E-state index contributed by atoms with van der Waals surface area (Å²) < 4.78 is 122. The molecule has 3 heterocycles. The summed E-state index contributed by atoms with van der Waals surface area (Å²) in [5, 5.41) is 0. The fraction of sp³-hybridized carbons (Fsp3) is 1.00. The molecule has 0 unspecified atom stereocenters. The molecular weight excluding hydrogens is 669 g/mol. The van der Waals surface area contributed by atoms with Crippen LogP contribution in [0.2, 0.25) is 0 Å². The molecule has 1 N–H and O–H groups in total. The standard InChI is InChI=1S/3C7H16N.C2F6NO4S2.H3O4P/c3*1-8(2)6-4-3-5-7-8;3-1(4,5)14(10,11)9-15(12,13)2(6,7)8;1-5(2,3)4/h3*3-7H2,1-2H3;;(H3,1,2,3,4)/q3*+1;-1;/p-2.